The van der Waals surface area contributed by atoms with Crippen molar-refractivity contribution in [1.29, 1.82) is 0 Å². The third-order valence-corrected chi connectivity index (χ3v) is 6.00. The van der Waals surface area contributed by atoms with Crippen LogP contribution in [0.15, 0.2) is 29.7 Å². The number of unbranched alkanes of at least 4 members (excludes halogenated alkanes) is 2. The molecular formula is C23H31N5OS. The van der Waals surface area contributed by atoms with Crippen LogP contribution >= 0.6 is 11.3 Å². The molecule has 0 amide bonds. The summed E-state index contributed by atoms with van der Waals surface area (Å²) in [5, 5.41) is 16.2. The number of hydrogen-bond donors (Lipinski definition) is 0. The summed E-state index contributed by atoms with van der Waals surface area (Å²) in [5.74, 6) is 2.34. The molecule has 2 aromatic heterocycles. The van der Waals surface area contributed by atoms with Crippen LogP contribution in [0, 0.1) is 0 Å². The van der Waals surface area contributed by atoms with Crippen LogP contribution in [0.1, 0.15) is 80.9 Å². The number of methoxy groups -OCH3 is 1. The Morgan fingerprint density at radius 1 is 1.13 bits per heavy atom. The molecule has 0 spiro atoms. The fourth-order valence-electron chi connectivity index (χ4n) is 3.02. The second-order valence-electron chi connectivity index (χ2n) is 8.00. The zero-order chi connectivity index (χ0) is 21.5. The second-order valence-corrected chi connectivity index (χ2v) is 8.89. The standard InChI is InChI=1S/C23H31N5OS/c1-16(2)22-25-27-28(26-22)20-12-13-21(29-5)18(14-20)10-8-6-7-9-11-19-15-30-23(24-19)17(3)4/h8,10,12-17H,6-7,9,11H2,1-5H3/b10-8+. The molecule has 30 heavy (non-hydrogen) atoms. The number of ether oxygens (including phenoxy) is 1. The van der Waals surface area contributed by atoms with E-state index in [1.165, 1.54) is 10.7 Å². The van der Waals surface area contributed by atoms with Crippen molar-refractivity contribution in [3.8, 4) is 11.4 Å². The summed E-state index contributed by atoms with van der Waals surface area (Å²) >= 11 is 1.77. The van der Waals surface area contributed by atoms with E-state index in [2.05, 4.69) is 60.6 Å². The Morgan fingerprint density at radius 2 is 1.97 bits per heavy atom. The normalized spacial score (nSPS) is 11.8. The number of nitrogens with zero attached hydrogens (tertiary/aromatic N) is 5. The maximum Gasteiger partial charge on any atom is 0.177 e. The smallest absolute Gasteiger partial charge is 0.177 e. The maximum absolute atomic E-state index is 5.51. The van der Waals surface area contributed by atoms with Crippen LogP contribution in [-0.4, -0.2) is 32.3 Å². The summed E-state index contributed by atoms with van der Waals surface area (Å²) < 4.78 is 5.51. The van der Waals surface area contributed by atoms with E-state index in [0.717, 1.165) is 48.5 Å². The van der Waals surface area contributed by atoms with Crippen LogP contribution in [0.25, 0.3) is 11.8 Å². The van der Waals surface area contributed by atoms with Gasteiger partial charge in [0.1, 0.15) is 5.75 Å². The van der Waals surface area contributed by atoms with Gasteiger partial charge in [0, 0.05) is 22.8 Å². The summed E-state index contributed by atoms with van der Waals surface area (Å²) in [7, 11) is 1.69. The topological polar surface area (TPSA) is 65.7 Å². The number of tetrazole rings is 1. The van der Waals surface area contributed by atoms with E-state index in [9.17, 15) is 0 Å². The van der Waals surface area contributed by atoms with Gasteiger partial charge in [0.05, 0.1) is 23.5 Å². The van der Waals surface area contributed by atoms with E-state index in [-0.39, 0.29) is 5.92 Å². The summed E-state index contributed by atoms with van der Waals surface area (Å²) in [5.41, 5.74) is 3.11. The minimum absolute atomic E-state index is 0.248. The van der Waals surface area contributed by atoms with Crippen LogP contribution in [-0.2, 0) is 6.42 Å². The monoisotopic (exact) mass is 425 g/mol. The molecule has 0 bridgehead atoms. The van der Waals surface area contributed by atoms with E-state index in [0.29, 0.717) is 5.92 Å². The van der Waals surface area contributed by atoms with Gasteiger partial charge in [-0.05, 0) is 49.1 Å². The molecule has 0 fully saturated rings. The molecule has 7 heteroatoms. The summed E-state index contributed by atoms with van der Waals surface area (Å²) in [6, 6.07) is 5.92. The molecule has 6 nitrogen and oxygen atoms in total. The highest BCUT2D eigenvalue weighted by atomic mass is 32.1. The lowest BCUT2D eigenvalue weighted by atomic mass is 10.1. The average molecular weight is 426 g/mol. The molecule has 0 atom stereocenters. The molecule has 2 heterocycles. The first-order valence-corrected chi connectivity index (χ1v) is 11.4. The number of aromatic nitrogens is 5. The van der Waals surface area contributed by atoms with Gasteiger partial charge in [-0.2, -0.15) is 0 Å². The fourth-order valence-corrected chi connectivity index (χ4v) is 3.89. The highest BCUT2D eigenvalue weighted by Gasteiger charge is 2.10. The second kappa shape index (κ2) is 10.5. The first-order valence-electron chi connectivity index (χ1n) is 10.6. The van der Waals surface area contributed by atoms with Gasteiger partial charge in [-0.15, -0.1) is 26.3 Å². The van der Waals surface area contributed by atoms with Gasteiger partial charge >= 0.3 is 0 Å². The van der Waals surface area contributed by atoms with Crippen molar-refractivity contribution in [2.24, 2.45) is 0 Å². The number of aryl methyl sites for hydroxylation is 1. The lowest BCUT2D eigenvalue weighted by Crippen LogP contribution is -2.01. The molecule has 0 N–H and O–H groups in total. The van der Waals surface area contributed by atoms with E-state index in [4.69, 9.17) is 9.72 Å². The van der Waals surface area contributed by atoms with Crippen LogP contribution < -0.4 is 4.74 Å². The van der Waals surface area contributed by atoms with E-state index >= 15 is 0 Å². The predicted molar refractivity (Wildman–Crippen MR) is 123 cm³/mol. The van der Waals surface area contributed by atoms with Crippen LogP contribution in [0.3, 0.4) is 0 Å². The minimum Gasteiger partial charge on any atom is -0.496 e. The molecule has 3 rings (SSSR count). The minimum atomic E-state index is 0.248. The highest BCUT2D eigenvalue weighted by molar-refractivity contribution is 7.09. The average Bonchev–Trinajstić information content (AvgIpc) is 3.40. The molecule has 0 aliphatic rings. The van der Waals surface area contributed by atoms with Crippen molar-refractivity contribution in [1.82, 2.24) is 25.2 Å². The number of benzene rings is 1. The van der Waals surface area contributed by atoms with E-state index < -0.39 is 0 Å². The fraction of sp³-hybridized carbons (Fsp3) is 0.478. The lowest BCUT2D eigenvalue weighted by molar-refractivity contribution is 0.413. The number of rotatable bonds is 10. The Labute approximate surface area is 183 Å². The zero-order valence-electron chi connectivity index (χ0n) is 18.5. The molecule has 0 radical (unpaired) electrons. The molecule has 0 aliphatic heterocycles. The zero-order valence-corrected chi connectivity index (χ0v) is 19.3. The molecular weight excluding hydrogens is 394 g/mol. The maximum atomic E-state index is 5.51. The summed E-state index contributed by atoms with van der Waals surface area (Å²) in [4.78, 5) is 6.29. The van der Waals surface area contributed by atoms with E-state index in [1.54, 1.807) is 23.2 Å². The van der Waals surface area contributed by atoms with Crippen LogP contribution in [0.2, 0.25) is 0 Å². The van der Waals surface area contributed by atoms with Crippen molar-refractivity contribution in [2.75, 3.05) is 7.11 Å². The summed E-state index contributed by atoms with van der Waals surface area (Å²) in [6.07, 6.45) is 8.66. The van der Waals surface area contributed by atoms with Crippen molar-refractivity contribution >= 4 is 17.4 Å². The van der Waals surface area contributed by atoms with Gasteiger partial charge in [0.15, 0.2) is 5.82 Å². The molecule has 0 saturated carbocycles. The Morgan fingerprint density at radius 3 is 2.63 bits per heavy atom. The van der Waals surface area contributed by atoms with Crippen molar-refractivity contribution in [2.45, 2.75) is 65.2 Å². The molecule has 160 valence electrons. The Bertz CT molecular complexity index is 974. The molecule has 1 aromatic carbocycles. The van der Waals surface area contributed by atoms with E-state index in [1.807, 2.05) is 18.2 Å². The SMILES string of the molecule is COc1ccc(-n2nnc(C(C)C)n2)cc1/C=C/CCCCc1csc(C(C)C)n1. The third kappa shape index (κ3) is 5.75. The van der Waals surface area contributed by atoms with Gasteiger partial charge in [-0.25, -0.2) is 4.98 Å². The first kappa shape index (κ1) is 22.2. The molecule has 3 aromatic rings. The lowest BCUT2D eigenvalue weighted by Gasteiger charge is -2.07. The molecule has 0 unspecified atom stereocenters. The largest absolute Gasteiger partial charge is 0.496 e. The van der Waals surface area contributed by atoms with Gasteiger partial charge in [0.25, 0.3) is 0 Å². The summed E-state index contributed by atoms with van der Waals surface area (Å²) in [6.45, 7) is 8.50. The quantitative estimate of drug-likeness (QED) is 0.384. The first-order chi connectivity index (χ1) is 14.5. The van der Waals surface area contributed by atoms with Crippen LogP contribution in [0.5, 0.6) is 5.75 Å². The van der Waals surface area contributed by atoms with Crippen molar-refractivity contribution < 1.29 is 4.74 Å². The Hall–Kier alpha value is -2.54. The van der Waals surface area contributed by atoms with Gasteiger partial charge in [0.2, 0.25) is 0 Å². The Balaban J connectivity index is 1.56. The highest BCUT2D eigenvalue weighted by Crippen LogP contribution is 2.24. The van der Waals surface area contributed by atoms with Gasteiger partial charge in [-0.3, -0.25) is 0 Å². The van der Waals surface area contributed by atoms with Crippen LogP contribution in [0.4, 0.5) is 0 Å². The third-order valence-electron chi connectivity index (χ3n) is 4.80. The molecule has 0 saturated heterocycles. The molecule has 0 aliphatic carbocycles. The van der Waals surface area contributed by atoms with Crippen molar-refractivity contribution in [3.05, 3.63) is 51.7 Å². The predicted octanol–water partition coefficient (Wildman–Crippen LogP) is 5.80. The Kier molecular flexibility index (Phi) is 7.74. The number of hydrogen-bond acceptors (Lipinski definition) is 6. The van der Waals surface area contributed by atoms with Gasteiger partial charge in [-0.1, -0.05) is 39.8 Å². The number of allylic oxidation sites excluding steroid dienone is 1. The number of thiazole rings is 1. The van der Waals surface area contributed by atoms with Gasteiger partial charge < -0.3 is 4.74 Å². The van der Waals surface area contributed by atoms with Crippen molar-refractivity contribution in [3.63, 3.8) is 0 Å².